The summed E-state index contributed by atoms with van der Waals surface area (Å²) in [7, 11) is 0. The smallest absolute Gasteiger partial charge is 0.138 e. The monoisotopic (exact) mass is 221 g/mol. The zero-order chi connectivity index (χ0) is 11.0. The largest absolute Gasteiger partial charge is 0.316 e. The quantitative estimate of drug-likeness (QED) is 0.726. The van der Waals surface area contributed by atoms with E-state index in [1.54, 1.807) is 0 Å². The van der Waals surface area contributed by atoms with Crippen molar-refractivity contribution in [2.75, 3.05) is 13.1 Å². The summed E-state index contributed by atoms with van der Waals surface area (Å²) >= 11 is 0. The molecule has 2 aliphatic rings. The molecule has 3 N–H and O–H groups in total. The molecule has 88 valence electrons. The summed E-state index contributed by atoms with van der Waals surface area (Å²) in [5.41, 5.74) is 6.16. The van der Waals surface area contributed by atoms with Crippen molar-refractivity contribution in [2.45, 2.75) is 44.2 Å². The van der Waals surface area contributed by atoms with Crippen LogP contribution in [-0.2, 0) is 6.42 Å². The van der Waals surface area contributed by atoms with Gasteiger partial charge >= 0.3 is 0 Å². The van der Waals surface area contributed by atoms with Crippen molar-refractivity contribution < 1.29 is 0 Å². The van der Waals surface area contributed by atoms with Gasteiger partial charge in [-0.1, -0.05) is 0 Å². The molecule has 5 nitrogen and oxygen atoms in total. The maximum Gasteiger partial charge on any atom is 0.138 e. The van der Waals surface area contributed by atoms with Crippen LogP contribution >= 0.6 is 0 Å². The predicted octanol–water partition coefficient (Wildman–Crippen LogP) is 0.539. The average Bonchev–Trinajstić information content (AvgIpc) is 2.75. The van der Waals surface area contributed by atoms with Crippen molar-refractivity contribution in [3.8, 4) is 0 Å². The molecule has 16 heavy (non-hydrogen) atoms. The molecular formula is C11H19N5. The van der Waals surface area contributed by atoms with E-state index in [0.717, 1.165) is 44.0 Å². The summed E-state index contributed by atoms with van der Waals surface area (Å²) in [5.74, 6) is 2.69. The maximum atomic E-state index is 6.16. The van der Waals surface area contributed by atoms with Crippen molar-refractivity contribution in [1.82, 2.24) is 20.1 Å². The lowest BCUT2D eigenvalue weighted by Gasteiger charge is -2.27. The molecule has 1 saturated heterocycles. The highest BCUT2D eigenvalue weighted by Gasteiger charge is 2.27. The molecule has 0 spiro atoms. The number of hydrogen-bond donors (Lipinski definition) is 2. The van der Waals surface area contributed by atoms with E-state index >= 15 is 0 Å². The number of rotatable bonds is 1. The van der Waals surface area contributed by atoms with Gasteiger partial charge in [-0.2, -0.15) is 0 Å². The van der Waals surface area contributed by atoms with Gasteiger partial charge in [-0.05, 0) is 32.2 Å². The van der Waals surface area contributed by atoms with Gasteiger partial charge in [-0.25, -0.2) is 0 Å². The molecule has 1 fully saturated rings. The molecule has 0 amide bonds. The van der Waals surface area contributed by atoms with Crippen LogP contribution in [0.4, 0.5) is 0 Å². The van der Waals surface area contributed by atoms with Crippen molar-refractivity contribution in [3.63, 3.8) is 0 Å². The molecule has 5 heteroatoms. The Hall–Kier alpha value is -0.940. The molecule has 0 aliphatic carbocycles. The molecule has 3 rings (SSSR count). The molecule has 0 aromatic carbocycles. The zero-order valence-corrected chi connectivity index (χ0v) is 9.52. The first-order valence-electron chi connectivity index (χ1n) is 6.26. The fourth-order valence-electron chi connectivity index (χ4n) is 2.82. The van der Waals surface area contributed by atoms with Crippen molar-refractivity contribution in [2.24, 2.45) is 5.73 Å². The van der Waals surface area contributed by atoms with Crippen molar-refractivity contribution >= 4 is 0 Å². The molecule has 3 heterocycles. The van der Waals surface area contributed by atoms with Crippen LogP contribution in [0.3, 0.4) is 0 Å². The normalized spacial score (nSPS) is 30.1. The van der Waals surface area contributed by atoms with E-state index in [1.807, 2.05) is 0 Å². The van der Waals surface area contributed by atoms with Gasteiger partial charge in [0.05, 0.1) is 6.17 Å². The number of aromatic nitrogens is 3. The Morgan fingerprint density at radius 2 is 2.19 bits per heavy atom. The van der Waals surface area contributed by atoms with Gasteiger partial charge in [-0.3, -0.25) is 4.57 Å². The van der Waals surface area contributed by atoms with Gasteiger partial charge in [0.25, 0.3) is 0 Å². The Labute approximate surface area is 95.4 Å². The van der Waals surface area contributed by atoms with Crippen LogP contribution in [-0.4, -0.2) is 27.9 Å². The lowest BCUT2D eigenvalue weighted by Crippen LogP contribution is -2.33. The number of nitrogens with zero attached hydrogens (tertiary/aromatic N) is 3. The predicted molar refractivity (Wildman–Crippen MR) is 61.0 cm³/mol. The van der Waals surface area contributed by atoms with Gasteiger partial charge in [0, 0.05) is 18.9 Å². The SMILES string of the molecule is NC1CCCc2nnc(C3CCCNC3)n21. The topological polar surface area (TPSA) is 68.8 Å². The molecule has 0 bridgehead atoms. The first-order valence-corrected chi connectivity index (χ1v) is 6.26. The molecule has 2 aliphatic heterocycles. The van der Waals surface area contributed by atoms with Crippen LogP contribution < -0.4 is 11.1 Å². The lowest BCUT2D eigenvalue weighted by atomic mass is 9.98. The minimum Gasteiger partial charge on any atom is -0.316 e. The molecule has 1 aromatic heterocycles. The van der Waals surface area contributed by atoms with E-state index in [9.17, 15) is 0 Å². The van der Waals surface area contributed by atoms with Gasteiger partial charge in [0.1, 0.15) is 11.6 Å². The van der Waals surface area contributed by atoms with E-state index < -0.39 is 0 Å². The first kappa shape index (κ1) is 10.2. The van der Waals surface area contributed by atoms with Crippen molar-refractivity contribution in [3.05, 3.63) is 11.6 Å². The van der Waals surface area contributed by atoms with Gasteiger partial charge in [0.2, 0.25) is 0 Å². The standard InChI is InChI=1S/C11H19N5/c12-9-4-1-5-10-14-15-11(16(9)10)8-3-2-6-13-7-8/h8-9,13H,1-7,12H2. The van der Waals surface area contributed by atoms with Crippen LogP contribution in [0.5, 0.6) is 0 Å². The highest BCUT2D eigenvalue weighted by Crippen LogP contribution is 2.28. The van der Waals surface area contributed by atoms with Gasteiger partial charge in [0.15, 0.2) is 0 Å². The second-order valence-electron chi connectivity index (χ2n) is 4.85. The molecule has 2 atom stereocenters. The Morgan fingerprint density at radius 1 is 1.25 bits per heavy atom. The lowest BCUT2D eigenvalue weighted by molar-refractivity contribution is 0.367. The van der Waals surface area contributed by atoms with Crippen LogP contribution in [0.1, 0.15) is 49.4 Å². The fourth-order valence-corrected chi connectivity index (χ4v) is 2.82. The van der Waals surface area contributed by atoms with Crippen LogP contribution in [0.2, 0.25) is 0 Å². The third-order valence-electron chi connectivity index (χ3n) is 3.69. The van der Waals surface area contributed by atoms with E-state index in [-0.39, 0.29) is 6.17 Å². The first-order chi connectivity index (χ1) is 7.86. The fraction of sp³-hybridized carbons (Fsp3) is 0.818. The zero-order valence-electron chi connectivity index (χ0n) is 9.52. The summed E-state index contributed by atoms with van der Waals surface area (Å²) in [5, 5.41) is 12.1. The highest BCUT2D eigenvalue weighted by atomic mass is 15.3. The van der Waals surface area contributed by atoms with Crippen LogP contribution in [0.15, 0.2) is 0 Å². The van der Waals surface area contributed by atoms with Crippen LogP contribution in [0.25, 0.3) is 0 Å². The Balaban J connectivity index is 1.91. The number of fused-ring (bicyclic) bond motifs is 1. The molecule has 1 aromatic rings. The second-order valence-corrected chi connectivity index (χ2v) is 4.85. The third kappa shape index (κ3) is 1.64. The van der Waals surface area contributed by atoms with E-state index in [4.69, 9.17) is 5.73 Å². The maximum absolute atomic E-state index is 6.16. The number of piperidine rings is 1. The Kier molecular flexibility index (Phi) is 2.65. The summed E-state index contributed by atoms with van der Waals surface area (Å²) in [4.78, 5) is 0. The second kappa shape index (κ2) is 4.14. The molecule has 0 saturated carbocycles. The van der Waals surface area contributed by atoms with E-state index in [2.05, 4.69) is 20.1 Å². The van der Waals surface area contributed by atoms with Crippen molar-refractivity contribution in [1.29, 1.82) is 0 Å². The summed E-state index contributed by atoms with van der Waals surface area (Å²) in [6.07, 6.45) is 5.75. The van der Waals surface area contributed by atoms with Crippen LogP contribution in [0, 0.1) is 0 Å². The number of hydrogen-bond acceptors (Lipinski definition) is 4. The summed E-state index contributed by atoms with van der Waals surface area (Å²) in [6, 6.07) is 0. The average molecular weight is 221 g/mol. The Morgan fingerprint density at radius 3 is 3.00 bits per heavy atom. The van der Waals surface area contributed by atoms with Gasteiger partial charge < -0.3 is 11.1 Å². The highest BCUT2D eigenvalue weighted by molar-refractivity contribution is 5.07. The molecule has 2 unspecified atom stereocenters. The number of aryl methyl sites for hydroxylation is 1. The van der Waals surface area contributed by atoms with E-state index in [0.29, 0.717) is 5.92 Å². The third-order valence-corrected chi connectivity index (χ3v) is 3.69. The minimum absolute atomic E-state index is 0.0932. The summed E-state index contributed by atoms with van der Waals surface area (Å²) < 4.78 is 2.18. The molecular weight excluding hydrogens is 202 g/mol. The minimum atomic E-state index is 0.0932. The summed E-state index contributed by atoms with van der Waals surface area (Å²) in [6.45, 7) is 2.15. The van der Waals surface area contributed by atoms with Gasteiger partial charge in [-0.15, -0.1) is 10.2 Å². The molecule has 0 radical (unpaired) electrons. The Bertz CT molecular complexity index is 366. The van der Waals surface area contributed by atoms with E-state index in [1.165, 1.54) is 12.8 Å². The number of nitrogens with two attached hydrogens (primary N) is 1. The number of nitrogens with one attached hydrogen (secondary N) is 1.